The van der Waals surface area contributed by atoms with Crippen LogP contribution in [-0.2, 0) is 0 Å². The minimum atomic E-state index is -0.320. The molecule has 1 aromatic heterocycles. The Morgan fingerprint density at radius 1 is 0.935 bits per heavy atom. The van der Waals surface area contributed by atoms with Crippen LogP contribution in [0.4, 0.5) is 10.1 Å². The Bertz CT molecular complexity index is 1220. The molecule has 3 aromatic carbocycles. The highest BCUT2D eigenvalue weighted by Crippen LogP contribution is 2.31. The molecule has 0 atom stereocenters. The third-order valence-electron chi connectivity index (χ3n) is 4.91. The molecule has 0 radical (unpaired) electrons. The van der Waals surface area contributed by atoms with Gasteiger partial charge in [-0.05, 0) is 84.5 Å². The standard InChI is InChI=1S/C26H21FN2OS/c1-17-12-19(14-20(27)13-17)24-16-22(31-2)9-10-23(24)26(30)29-21-7-5-6-18(15-21)25-8-3-4-11-28-25/h3-16H,1-2H3,(H,29,30). The molecule has 1 amide bonds. The van der Waals surface area contributed by atoms with E-state index >= 15 is 0 Å². The van der Waals surface area contributed by atoms with Crippen molar-refractivity contribution in [2.24, 2.45) is 0 Å². The summed E-state index contributed by atoms with van der Waals surface area (Å²) in [5, 5.41) is 2.98. The maximum absolute atomic E-state index is 14.1. The van der Waals surface area contributed by atoms with Crippen LogP contribution in [0.25, 0.3) is 22.4 Å². The quantitative estimate of drug-likeness (QED) is 0.354. The third-order valence-corrected chi connectivity index (χ3v) is 5.63. The molecule has 1 heterocycles. The van der Waals surface area contributed by atoms with Gasteiger partial charge in [-0.3, -0.25) is 9.78 Å². The molecule has 0 unspecified atom stereocenters. The van der Waals surface area contributed by atoms with Gasteiger partial charge in [-0.15, -0.1) is 11.8 Å². The number of nitrogens with one attached hydrogen (secondary N) is 1. The van der Waals surface area contributed by atoms with Crippen LogP contribution in [0.5, 0.6) is 0 Å². The smallest absolute Gasteiger partial charge is 0.256 e. The van der Waals surface area contributed by atoms with Crippen LogP contribution in [0.3, 0.4) is 0 Å². The van der Waals surface area contributed by atoms with Crippen LogP contribution in [0.2, 0.25) is 0 Å². The first-order valence-corrected chi connectivity index (χ1v) is 11.0. The Labute approximate surface area is 185 Å². The Morgan fingerprint density at radius 2 is 1.81 bits per heavy atom. The fourth-order valence-corrected chi connectivity index (χ4v) is 3.91. The molecular formula is C26H21FN2OS. The molecule has 0 saturated carbocycles. The van der Waals surface area contributed by atoms with E-state index in [1.54, 1.807) is 24.0 Å². The van der Waals surface area contributed by atoms with Gasteiger partial charge in [0.05, 0.1) is 5.69 Å². The number of carbonyl (C=O) groups is 1. The fraction of sp³-hybridized carbons (Fsp3) is 0.0769. The second-order valence-electron chi connectivity index (χ2n) is 7.18. The Morgan fingerprint density at radius 3 is 2.55 bits per heavy atom. The number of hydrogen-bond acceptors (Lipinski definition) is 3. The second kappa shape index (κ2) is 9.14. The summed E-state index contributed by atoms with van der Waals surface area (Å²) in [6.07, 6.45) is 3.71. The largest absolute Gasteiger partial charge is 0.322 e. The first kappa shape index (κ1) is 20.8. The third kappa shape index (κ3) is 4.84. The van der Waals surface area contributed by atoms with Gasteiger partial charge in [0.2, 0.25) is 0 Å². The maximum Gasteiger partial charge on any atom is 0.256 e. The van der Waals surface area contributed by atoms with Gasteiger partial charge < -0.3 is 5.32 Å². The number of hydrogen-bond donors (Lipinski definition) is 1. The summed E-state index contributed by atoms with van der Waals surface area (Å²) >= 11 is 1.58. The zero-order chi connectivity index (χ0) is 21.8. The van der Waals surface area contributed by atoms with E-state index < -0.39 is 0 Å². The summed E-state index contributed by atoms with van der Waals surface area (Å²) in [5.74, 6) is -0.568. The van der Waals surface area contributed by atoms with Crippen molar-refractivity contribution < 1.29 is 9.18 Å². The molecule has 0 aliphatic carbocycles. The van der Waals surface area contributed by atoms with Crippen molar-refractivity contribution in [3.8, 4) is 22.4 Å². The number of pyridine rings is 1. The van der Waals surface area contributed by atoms with E-state index in [-0.39, 0.29) is 11.7 Å². The number of carbonyl (C=O) groups excluding carboxylic acids is 1. The topological polar surface area (TPSA) is 42.0 Å². The van der Waals surface area contributed by atoms with Crippen LogP contribution in [0, 0.1) is 12.7 Å². The van der Waals surface area contributed by atoms with E-state index in [9.17, 15) is 9.18 Å². The molecule has 4 rings (SSSR count). The molecule has 1 N–H and O–H groups in total. The highest BCUT2D eigenvalue weighted by atomic mass is 32.2. The Kier molecular flexibility index (Phi) is 6.14. The highest BCUT2D eigenvalue weighted by molar-refractivity contribution is 7.98. The van der Waals surface area contributed by atoms with Crippen molar-refractivity contribution in [3.63, 3.8) is 0 Å². The number of thioether (sulfide) groups is 1. The van der Waals surface area contributed by atoms with Crippen molar-refractivity contribution in [2.45, 2.75) is 11.8 Å². The monoisotopic (exact) mass is 428 g/mol. The lowest BCUT2D eigenvalue weighted by Crippen LogP contribution is -2.13. The van der Waals surface area contributed by atoms with Gasteiger partial charge in [0.1, 0.15) is 5.82 Å². The van der Waals surface area contributed by atoms with Gasteiger partial charge in [-0.25, -0.2) is 4.39 Å². The number of benzene rings is 3. The lowest BCUT2D eigenvalue weighted by Gasteiger charge is -2.13. The predicted octanol–water partition coefficient (Wildman–Crippen LogP) is 6.84. The number of halogens is 1. The number of aryl methyl sites for hydroxylation is 1. The minimum absolute atomic E-state index is 0.247. The van der Waals surface area contributed by atoms with Crippen LogP contribution >= 0.6 is 11.8 Å². The molecule has 0 aliphatic rings. The lowest BCUT2D eigenvalue weighted by atomic mass is 9.97. The number of aromatic nitrogens is 1. The van der Waals surface area contributed by atoms with Gasteiger partial charge in [-0.2, -0.15) is 0 Å². The summed E-state index contributed by atoms with van der Waals surface area (Å²) in [7, 11) is 0. The number of amides is 1. The molecule has 0 fully saturated rings. The Hall–Kier alpha value is -3.44. The average molecular weight is 429 g/mol. The summed E-state index contributed by atoms with van der Waals surface area (Å²) in [6.45, 7) is 1.84. The van der Waals surface area contributed by atoms with E-state index in [0.717, 1.165) is 21.7 Å². The summed E-state index contributed by atoms with van der Waals surface area (Å²) in [4.78, 5) is 18.6. The van der Waals surface area contributed by atoms with Crippen LogP contribution in [0.1, 0.15) is 15.9 Å². The zero-order valence-corrected chi connectivity index (χ0v) is 18.0. The van der Waals surface area contributed by atoms with Gasteiger partial charge in [0, 0.05) is 27.9 Å². The minimum Gasteiger partial charge on any atom is -0.322 e. The van der Waals surface area contributed by atoms with Crippen molar-refractivity contribution >= 4 is 23.4 Å². The second-order valence-corrected chi connectivity index (χ2v) is 8.06. The first-order valence-electron chi connectivity index (χ1n) is 9.82. The van der Waals surface area contributed by atoms with Crippen molar-refractivity contribution in [1.82, 2.24) is 4.98 Å². The fourth-order valence-electron chi connectivity index (χ4n) is 3.47. The highest BCUT2D eigenvalue weighted by Gasteiger charge is 2.15. The number of rotatable bonds is 5. The predicted molar refractivity (Wildman–Crippen MR) is 126 cm³/mol. The van der Waals surface area contributed by atoms with E-state index in [1.807, 2.05) is 73.8 Å². The van der Waals surface area contributed by atoms with Gasteiger partial charge in [0.25, 0.3) is 5.91 Å². The molecular weight excluding hydrogens is 407 g/mol. The maximum atomic E-state index is 14.1. The van der Waals surface area contributed by atoms with Crippen molar-refractivity contribution in [3.05, 3.63) is 102 Å². The van der Waals surface area contributed by atoms with Gasteiger partial charge in [-0.1, -0.05) is 24.3 Å². The molecule has 31 heavy (non-hydrogen) atoms. The molecule has 4 aromatic rings. The van der Waals surface area contributed by atoms with E-state index in [0.29, 0.717) is 22.4 Å². The molecule has 0 saturated heterocycles. The molecule has 0 bridgehead atoms. The summed E-state index contributed by atoms with van der Waals surface area (Å²) < 4.78 is 14.1. The van der Waals surface area contributed by atoms with Crippen LogP contribution in [-0.4, -0.2) is 17.1 Å². The molecule has 154 valence electrons. The SMILES string of the molecule is CSc1ccc(C(=O)Nc2cccc(-c3ccccn3)c2)c(-c2cc(C)cc(F)c2)c1. The van der Waals surface area contributed by atoms with E-state index in [1.165, 1.54) is 12.1 Å². The van der Waals surface area contributed by atoms with Crippen molar-refractivity contribution in [1.29, 1.82) is 0 Å². The van der Waals surface area contributed by atoms with E-state index in [2.05, 4.69) is 10.3 Å². The average Bonchev–Trinajstić information content (AvgIpc) is 2.78. The molecule has 0 spiro atoms. The Balaban J connectivity index is 1.69. The lowest BCUT2D eigenvalue weighted by molar-refractivity contribution is 0.102. The zero-order valence-electron chi connectivity index (χ0n) is 17.2. The van der Waals surface area contributed by atoms with E-state index in [4.69, 9.17) is 0 Å². The normalized spacial score (nSPS) is 10.7. The molecule has 5 heteroatoms. The van der Waals surface area contributed by atoms with Crippen molar-refractivity contribution in [2.75, 3.05) is 11.6 Å². The number of nitrogens with zero attached hydrogens (tertiary/aromatic N) is 1. The summed E-state index contributed by atoms with van der Waals surface area (Å²) in [6, 6.07) is 23.7. The van der Waals surface area contributed by atoms with Crippen LogP contribution in [0.15, 0.2) is 90.0 Å². The summed E-state index contributed by atoms with van der Waals surface area (Å²) in [5.41, 5.74) is 5.10. The molecule has 0 aliphatic heterocycles. The van der Waals surface area contributed by atoms with Gasteiger partial charge in [0.15, 0.2) is 0 Å². The van der Waals surface area contributed by atoms with Crippen LogP contribution < -0.4 is 5.32 Å². The molecule has 3 nitrogen and oxygen atoms in total. The van der Waals surface area contributed by atoms with Gasteiger partial charge >= 0.3 is 0 Å². The first-order chi connectivity index (χ1) is 15.0. The number of anilines is 1.